The number of rotatable bonds is 4. The molecule has 8 heteroatoms. The van der Waals surface area contributed by atoms with Crippen molar-refractivity contribution in [2.75, 3.05) is 0 Å². The predicted molar refractivity (Wildman–Crippen MR) is 79.9 cm³/mol. The molecule has 1 aromatic carbocycles. The van der Waals surface area contributed by atoms with Crippen molar-refractivity contribution in [1.82, 2.24) is 19.7 Å². The van der Waals surface area contributed by atoms with Crippen LogP contribution in [0.4, 0.5) is 8.78 Å². The number of aryl methyl sites for hydroxylation is 1. The summed E-state index contributed by atoms with van der Waals surface area (Å²) in [6, 6.07) is 6.92. The van der Waals surface area contributed by atoms with Crippen LogP contribution in [0.5, 0.6) is 0 Å². The molecule has 2 heterocycles. The van der Waals surface area contributed by atoms with Gasteiger partial charge in [0.15, 0.2) is 4.34 Å². The molecule has 0 fully saturated rings. The molecule has 1 atom stereocenters. The van der Waals surface area contributed by atoms with Gasteiger partial charge in [0, 0.05) is 0 Å². The van der Waals surface area contributed by atoms with E-state index in [0.717, 1.165) is 13.9 Å². The van der Waals surface area contributed by atoms with Crippen molar-refractivity contribution < 1.29 is 8.78 Å². The SMILES string of the molecule is Cc1nnc(S[C@H](C)c2nc3ccccc3n2C(F)F)s1. The summed E-state index contributed by atoms with van der Waals surface area (Å²) in [5.41, 5.74) is 1.03. The Labute approximate surface area is 128 Å². The topological polar surface area (TPSA) is 43.6 Å². The standard InChI is InChI=1S/C13H12F2N4S2/c1-7(20-13-18-17-8(2)21-13)11-16-9-5-3-4-6-10(9)19(11)12(14)15/h3-7,12H,1-2H3/t7-/m1/s1. The molecule has 0 aliphatic heterocycles. The van der Waals surface area contributed by atoms with Gasteiger partial charge in [0.2, 0.25) is 0 Å². The van der Waals surface area contributed by atoms with Crippen LogP contribution in [-0.4, -0.2) is 19.7 Å². The van der Waals surface area contributed by atoms with E-state index in [1.807, 2.05) is 13.8 Å². The largest absolute Gasteiger partial charge is 0.320 e. The average molecular weight is 326 g/mol. The second-order valence-corrected chi connectivity index (χ2v) is 7.22. The number of para-hydroxylation sites is 2. The number of aromatic nitrogens is 4. The van der Waals surface area contributed by atoms with E-state index in [9.17, 15) is 8.78 Å². The third kappa shape index (κ3) is 2.77. The van der Waals surface area contributed by atoms with E-state index >= 15 is 0 Å². The van der Waals surface area contributed by atoms with Crippen molar-refractivity contribution in [3.63, 3.8) is 0 Å². The molecule has 2 aromatic heterocycles. The molecule has 0 amide bonds. The monoisotopic (exact) mass is 326 g/mol. The highest BCUT2D eigenvalue weighted by Crippen LogP contribution is 2.38. The van der Waals surface area contributed by atoms with Gasteiger partial charge < -0.3 is 0 Å². The zero-order chi connectivity index (χ0) is 15.0. The zero-order valence-electron chi connectivity index (χ0n) is 11.3. The minimum absolute atomic E-state index is 0.237. The number of halogens is 2. The first kappa shape index (κ1) is 14.4. The second kappa shape index (κ2) is 5.69. The Kier molecular flexibility index (Phi) is 3.90. The molecular formula is C13H12F2N4S2. The van der Waals surface area contributed by atoms with Gasteiger partial charge in [-0.15, -0.1) is 10.2 Å². The van der Waals surface area contributed by atoms with Gasteiger partial charge in [0.05, 0.1) is 16.3 Å². The zero-order valence-corrected chi connectivity index (χ0v) is 13.0. The molecule has 21 heavy (non-hydrogen) atoms. The van der Waals surface area contributed by atoms with Gasteiger partial charge in [-0.2, -0.15) is 8.78 Å². The Bertz CT molecular complexity index is 768. The molecule has 0 saturated carbocycles. The lowest BCUT2D eigenvalue weighted by Crippen LogP contribution is -2.06. The summed E-state index contributed by atoms with van der Waals surface area (Å²) in [5, 5.41) is 8.57. The quantitative estimate of drug-likeness (QED) is 0.665. The third-order valence-electron chi connectivity index (χ3n) is 2.97. The highest BCUT2D eigenvalue weighted by Gasteiger charge is 2.23. The van der Waals surface area contributed by atoms with Crippen molar-refractivity contribution in [1.29, 1.82) is 0 Å². The molecule has 0 aliphatic carbocycles. The summed E-state index contributed by atoms with van der Waals surface area (Å²) in [7, 11) is 0. The van der Waals surface area contributed by atoms with Crippen LogP contribution in [-0.2, 0) is 0 Å². The van der Waals surface area contributed by atoms with E-state index in [-0.39, 0.29) is 5.25 Å². The summed E-state index contributed by atoms with van der Waals surface area (Å²) >= 11 is 2.84. The molecule has 0 spiro atoms. The van der Waals surface area contributed by atoms with Crippen LogP contribution in [0.1, 0.15) is 29.6 Å². The highest BCUT2D eigenvalue weighted by molar-refractivity contribution is 8.01. The van der Waals surface area contributed by atoms with Crippen molar-refractivity contribution in [2.45, 2.75) is 30.0 Å². The molecule has 3 aromatic rings. The smallest absolute Gasteiger partial charge is 0.269 e. The number of alkyl halides is 2. The van der Waals surface area contributed by atoms with E-state index in [1.54, 1.807) is 24.3 Å². The van der Waals surface area contributed by atoms with Gasteiger partial charge in [-0.25, -0.2) is 4.98 Å². The van der Waals surface area contributed by atoms with Crippen LogP contribution in [0.25, 0.3) is 11.0 Å². The number of nitrogens with zero attached hydrogens (tertiary/aromatic N) is 4. The van der Waals surface area contributed by atoms with E-state index in [2.05, 4.69) is 15.2 Å². The van der Waals surface area contributed by atoms with Gasteiger partial charge in [-0.05, 0) is 26.0 Å². The number of benzene rings is 1. The number of fused-ring (bicyclic) bond motifs is 1. The molecule has 0 N–H and O–H groups in total. The van der Waals surface area contributed by atoms with E-state index in [4.69, 9.17) is 0 Å². The average Bonchev–Trinajstić information content (AvgIpc) is 3.02. The minimum atomic E-state index is -2.62. The first-order valence-electron chi connectivity index (χ1n) is 6.28. The lowest BCUT2D eigenvalue weighted by molar-refractivity contribution is 0.0715. The normalized spacial score (nSPS) is 13.2. The summed E-state index contributed by atoms with van der Waals surface area (Å²) in [5.74, 6) is 0.351. The van der Waals surface area contributed by atoms with Crippen LogP contribution in [0, 0.1) is 6.92 Å². The molecule has 4 nitrogen and oxygen atoms in total. The molecule has 3 rings (SSSR count). The molecule has 0 unspecified atom stereocenters. The molecule has 0 aliphatic rings. The van der Waals surface area contributed by atoms with Crippen molar-refractivity contribution >= 4 is 34.1 Å². The van der Waals surface area contributed by atoms with E-state index in [1.165, 1.54) is 23.1 Å². The fourth-order valence-electron chi connectivity index (χ4n) is 2.08. The Hall–Kier alpha value is -1.54. The molecular weight excluding hydrogens is 314 g/mol. The second-order valence-electron chi connectivity index (χ2n) is 4.45. The van der Waals surface area contributed by atoms with Crippen molar-refractivity contribution in [3.8, 4) is 0 Å². The van der Waals surface area contributed by atoms with Crippen LogP contribution in [0.3, 0.4) is 0 Å². The summed E-state index contributed by atoms with van der Waals surface area (Å²) in [4.78, 5) is 4.36. The van der Waals surface area contributed by atoms with Crippen LogP contribution >= 0.6 is 23.1 Å². The first-order valence-corrected chi connectivity index (χ1v) is 7.97. The van der Waals surface area contributed by atoms with Crippen LogP contribution in [0.2, 0.25) is 0 Å². The molecule has 0 bridgehead atoms. The number of hydrogen-bond acceptors (Lipinski definition) is 5. The van der Waals surface area contributed by atoms with E-state index in [0.29, 0.717) is 16.9 Å². The van der Waals surface area contributed by atoms with Gasteiger partial charge in [-0.3, -0.25) is 4.57 Å². The summed E-state index contributed by atoms with van der Waals surface area (Å²) in [6.45, 7) is 1.09. The first-order chi connectivity index (χ1) is 10.1. The molecule has 0 radical (unpaired) electrons. The number of imidazole rings is 1. The summed E-state index contributed by atoms with van der Waals surface area (Å²) in [6.07, 6.45) is 0. The molecule has 0 saturated heterocycles. The maximum Gasteiger partial charge on any atom is 0.320 e. The van der Waals surface area contributed by atoms with Crippen molar-refractivity contribution in [3.05, 3.63) is 35.1 Å². The third-order valence-corrected chi connectivity index (χ3v) is 4.99. The fourth-order valence-corrected chi connectivity index (χ4v) is 4.15. The van der Waals surface area contributed by atoms with Gasteiger partial charge >= 0.3 is 6.55 Å². The Morgan fingerprint density at radius 2 is 2.00 bits per heavy atom. The van der Waals surface area contributed by atoms with Gasteiger partial charge in [0.25, 0.3) is 0 Å². The predicted octanol–water partition coefficient (Wildman–Crippen LogP) is 4.44. The Morgan fingerprint density at radius 1 is 1.24 bits per heavy atom. The Balaban J connectivity index is 2.00. The van der Waals surface area contributed by atoms with Crippen LogP contribution < -0.4 is 0 Å². The fraction of sp³-hybridized carbons (Fsp3) is 0.308. The van der Waals surface area contributed by atoms with Gasteiger partial charge in [-0.1, -0.05) is 35.2 Å². The lowest BCUT2D eigenvalue weighted by Gasteiger charge is -2.12. The number of thioether (sulfide) groups is 1. The van der Waals surface area contributed by atoms with Gasteiger partial charge in [0.1, 0.15) is 10.8 Å². The number of hydrogen-bond donors (Lipinski definition) is 0. The maximum absolute atomic E-state index is 13.4. The summed E-state index contributed by atoms with van der Waals surface area (Å²) < 4.78 is 28.5. The van der Waals surface area contributed by atoms with Crippen molar-refractivity contribution in [2.24, 2.45) is 0 Å². The minimum Gasteiger partial charge on any atom is -0.269 e. The highest BCUT2D eigenvalue weighted by atomic mass is 32.2. The lowest BCUT2D eigenvalue weighted by atomic mass is 10.3. The molecule has 110 valence electrons. The maximum atomic E-state index is 13.4. The Morgan fingerprint density at radius 3 is 2.67 bits per heavy atom. The van der Waals surface area contributed by atoms with Crippen LogP contribution in [0.15, 0.2) is 28.6 Å². The van der Waals surface area contributed by atoms with E-state index < -0.39 is 6.55 Å².